The number of pyridine rings is 1. The third-order valence-corrected chi connectivity index (χ3v) is 6.51. The first kappa shape index (κ1) is 22.1. The third kappa shape index (κ3) is 4.26. The number of piperidine rings is 1. The third-order valence-electron chi connectivity index (χ3n) is 6.51. The molecule has 5 rings (SSSR count). The van der Waals surface area contributed by atoms with Gasteiger partial charge in [0.25, 0.3) is 11.8 Å². The van der Waals surface area contributed by atoms with E-state index in [1.54, 1.807) is 36.5 Å². The number of imidazole rings is 1. The molecule has 2 aliphatic heterocycles. The van der Waals surface area contributed by atoms with Gasteiger partial charge in [-0.1, -0.05) is 18.2 Å². The van der Waals surface area contributed by atoms with Gasteiger partial charge in [0, 0.05) is 51.1 Å². The Balaban J connectivity index is 1.26. The van der Waals surface area contributed by atoms with E-state index >= 15 is 0 Å². The van der Waals surface area contributed by atoms with Gasteiger partial charge in [-0.05, 0) is 29.8 Å². The molecule has 1 fully saturated rings. The maximum atomic E-state index is 13.0. The van der Waals surface area contributed by atoms with Crippen LogP contribution in [-0.2, 0) is 28.2 Å². The lowest BCUT2D eigenvalue weighted by atomic mass is 9.88. The summed E-state index contributed by atoms with van der Waals surface area (Å²) in [5.74, 6) is 1.33. The fraction of sp³-hybridized carbons (Fsp3) is 0.360. The number of carbonyl (C=O) groups is 2. The van der Waals surface area contributed by atoms with Crippen LogP contribution in [0.1, 0.15) is 34.7 Å². The van der Waals surface area contributed by atoms with Gasteiger partial charge in [0.15, 0.2) is 6.10 Å². The number of carbonyl (C=O) groups excluding carboxylic acids is 2. The highest BCUT2D eigenvalue weighted by Crippen LogP contribution is 2.40. The van der Waals surface area contributed by atoms with Crippen LogP contribution in [0.15, 0.2) is 61.1 Å². The van der Waals surface area contributed by atoms with Gasteiger partial charge in [-0.2, -0.15) is 0 Å². The number of nitrogens with one attached hydrogen (secondary N) is 1. The zero-order valence-electron chi connectivity index (χ0n) is 19.0. The first-order valence-electron chi connectivity index (χ1n) is 11.4. The second-order valence-electron chi connectivity index (χ2n) is 8.58. The fourth-order valence-electron chi connectivity index (χ4n) is 4.64. The Labute approximate surface area is 197 Å². The van der Waals surface area contributed by atoms with Crippen molar-refractivity contribution in [3.8, 4) is 5.75 Å². The van der Waals surface area contributed by atoms with E-state index in [1.165, 1.54) is 0 Å². The second-order valence-corrected chi connectivity index (χ2v) is 8.58. The molecule has 1 aromatic carbocycles. The van der Waals surface area contributed by atoms with E-state index in [2.05, 4.69) is 15.3 Å². The summed E-state index contributed by atoms with van der Waals surface area (Å²) in [5, 5.41) is 2.99. The van der Waals surface area contributed by atoms with Crippen LogP contribution >= 0.6 is 0 Å². The van der Waals surface area contributed by atoms with Gasteiger partial charge < -0.3 is 24.3 Å². The molecule has 1 atom stereocenters. The van der Waals surface area contributed by atoms with Crippen molar-refractivity contribution in [2.24, 2.45) is 0 Å². The smallest absolute Gasteiger partial charge is 0.272 e. The monoisotopic (exact) mass is 461 g/mol. The molecule has 9 nitrogen and oxygen atoms in total. The number of aromatic nitrogens is 3. The van der Waals surface area contributed by atoms with Crippen molar-refractivity contribution in [3.05, 3.63) is 78.1 Å². The average molecular weight is 462 g/mol. The highest BCUT2D eigenvalue weighted by molar-refractivity contribution is 5.92. The molecule has 0 saturated carbocycles. The Bertz CT molecular complexity index is 1150. The summed E-state index contributed by atoms with van der Waals surface area (Å²) in [6.07, 6.45) is 5.72. The van der Waals surface area contributed by atoms with Gasteiger partial charge in [-0.25, -0.2) is 4.98 Å². The zero-order chi connectivity index (χ0) is 23.5. The number of benzene rings is 1. The maximum Gasteiger partial charge on any atom is 0.272 e. The molecule has 2 aliphatic rings. The van der Waals surface area contributed by atoms with Gasteiger partial charge in [-0.15, -0.1) is 0 Å². The van der Waals surface area contributed by atoms with E-state index in [9.17, 15) is 9.59 Å². The fourth-order valence-corrected chi connectivity index (χ4v) is 4.64. The van der Waals surface area contributed by atoms with Crippen LogP contribution < -0.4 is 10.1 Å². The SMILES string of the molecule is COc1ccc(CNC(=O)C2Cn3ccnc3C3(CCN(C(=O)c4ccccn4)CC3)O2)cc1. The van der Waals surface area contributed by atoms with E-state index in [0.29, 0.717) is 44.7 Å². The van der Waals surface area contributed by atoms with Gasteiger partial charge in [0.1, 0.15) is 22.9 Å². The Morgan fingerprint density at radius 1 is 1.12 bits per heavy atom. The van der Waals surface area contributed by atoms with Crippen molar-refractivity contribution in [2.75, 3.05) is 20.2 Å². The lowest BCUT2D eigenvalue weighted by Gasteiger charge is -2.45. The quantitative estimate of drug-likeness (QED) is 0.625. The molecule has 0 radical (unpaired) electrons. The first-order valence-corrected chi connectivity index (χ1v) is 11.4. The number of fused-ring (bicyclic) bond motifs is 2. The van der Waals surface area contributed by atoms with Crippen molar-refractivity contribution in [2.45, 2.75) is 37.6 Å². The number of rotatable bonds is 5. The van der Waals surface area contributed by atoms with Crippen LogP contribution in [0.25, 0.3) is 0 Å². The van der Waals surface area contributed by atoms with E-state index in [1.807, 2.05) is 41.1 Å². The highest BCUT2D eigenvalue weighted by Gasteiger charge is 2.47. The van der Waals surface area contributed by atoms with Crippen molar-refractivity contribution in [1.82, 2.24) is 24.8 Å². The number of methoxy groups -OCH3 is 1. The summed E-state index contributed by atoms with van der Waals surface area (Å²) in [6, 6.07) is 12.9. The number of hydrogen-bond acceptors (Lipinski definition) is 6. The molecule has 1 unspecified atom stereocenters. The maximum absolute atomic E-state index is 13.0. The number of hydrogen-bond donors (Lipinski definition) is 1. The molecular weight excluding hydrogens is 434 g/mol. The number of amides is 2. The van der Waals surface area contributed by atoms with Gasteiger partial charge in [0.2, 0.25) is 0 Å². The minimum Gasteiger partial charge on any atom is -0.497 e. The molecule has 176 valence electrons. The average Bonchev–Trinajstić information content (AvgIpc) is 3.38. The number of ether oxygens (including phenoxy) is 2. The van der Waals surface area contributed by atoms with Crippen LogP contribution in [-0.4, -0.2) is 57.6 Å². The largest absolute Gasteiger partial charge is 0.497 e. The molecule has 0 bridgehead atoms. The summed E-state index contributed by atoms with van der Waals surface area (Å²) < 4.78 is 13.6. The number of likely N-dealkylation sites (tertiary alicyclic amines) is 1. The predicted octanol–water partition coefficient (Wildman–Crippen LogP) is 2.13. The van der Waals surface area contributed by atoms with Crippen LogP contribution in [0.4, 0.5) is 0 Å². The first-order chi connectivity index (χ1) is 16.6. The Hall–Kier alpha value is -3.72. The van der Waals surface area contributed by atoms with Crippen LogP contribution in [0.3, 0.4) is 0 Å². The van der Waals surface area contributed by atoms with Crippen LogP contribution in [0, 0.1) is 0 Å². The summed E-state index contributed by atoms with van der Waals surface area (Å²) in [7, 11) is 1.62. The molecule has 2 amide bonds. The molecule has 1 N–H and O–H groups in total. The minimum atomic E-state index is -0.704. The van der Waals surface area contributed by atoms with E-state index in [0.717, 1.165) is 17.1 Å². The van der Waals surface area contributed by atoms with Crippen molar-refractivity contribution in [3.63, 3.8) is 0 Å². The predicted molar refractivity (Wildman–Crippen MR) is 123 cm³/mol. The van der Waals surface area contributed by atoms with E-state index in [-0.39, 0.29) is 11.8 Å². The highest BCUT2D eigenvalue weighted by atomic mass is 16.5. The minimum absolute atomic E-state index is 0.0941. The summed E-state index contributed by atoms with van der Waals surface area (Å²) in [5.41, 5.74) is 0.703. The van der Waals surface area contributed by atoms with E-state index in [4.69, 9.17) is 9.47 Å². The van der Waals surface area contributed by atoms with Gasteiger partial charge in [-0.3, -0.25) is 14.6 Å². The molecule has 3 aromatic rings. The molecule has 9 heteroatoms. The van der Waals surface area contributed by atoms with Crippen molar-refractivity contribution in [1.29, 1.82) is 0 Å². The lowest BCUT2D eigenvalue weighted by Crippen LogP contribution is -2.54. The molecule has 4 heterocycles. The normalized spacial score (nSPS) is 18.9. The van der Waals surface area contributed by atoms with Crippen LogP contribution in [0.2, 0.25) is 0 Å². The van der Waals surface area contributed by atoms with E-state index < -0.39 is 11.7 Å². The molecule has 34 heavy (non-hydrogen) atoms. The van der Waals surface area contributed by atoms with Gasteiger partial charge >= 0.3 is 0 Å². The standard InChI is InChI=1S/C25H27N5O4/c1-33-19-7-5-18(6-8-19)16-28-22(31)21-17-30-15-12-27-24(30)25(34-21)9-13-29(14-10-25)23(32)20-4-2-3-11-26-20/h2-8,11-12,15,21H,9-10,13-14,16-17H2,1H3,(H,28,31). The van der Waals surface area contributed by atoms with Crippen molar-refractivity contribution < 1.29 is 19.1 Å². The molecule has 2 aromatic heterocycles. The Morgan fingerprint density at radius 3 is 2.62 bits per heavy atom. The van der Waals surface area contributed by atoms with Gasteiger partial charge in [0.05, 0.1) is 13.7 Å². The van der Waals surface area contributed by atoms with Crippen molar-refractivity contribution >= 4 is 11.8 Å². The van der Waals surface area contributed by atoms with Crippen LogP contribution in [0.5, 0.6) is 5.75 Å². The second kappa shape index (κ2) is 9.26. The number of nitrogens with zero attached hydrogens (tertiary/aromatic N) is 4. The molecular formula is C25H27N5O4. The Kier molecular flexibility index (Phi) is 6.02. The molecule has 1 saturated heterocycles. The lowest BCUT2D eigenvalue weighted by molar-refractivity contribution is -0.172. The summed E-state index contributed by atoms with van der Waals surface area (Å²) in [6.45, 7) is 1.81. The topological polar surface area (TPSA) is 98.6 Å². The molecule has 1 spiro atoms. The Morgan fingerprint density at radius 2 is 1.91 bits per heavy atom. The summed E-state index contributed by atoms with van der Waals surface area (Å²) in [4.78, 5) is 36.4. The summed E-state index contributed by atoms with van der Waals surface area (Å²) >= 11 is 0. The zero-order valence-corrected chi connectivity index (χ0v) is 19.0. The molecule has 0 aliphatic carbocycles.